The number of benzene rings is 3. The molecule has 0 spiro atoms. The quantitative estimate of drug-likeness (QED) is 0.448. The van der Waals surface area contributed by atoms with Gasteiger partial charge in [-0.05, 0) is 66.7 Å². The van der Waals surface area contributed by atoms with Crippen molar-refractivity contribution in [3.63, 3.8) is 0 Å². The molecule has 8 nitrogen and oxygen atoms in total. The van der Waals surface area contributed by atoms with Gasteiger partial charge in [0.15, 0.2) is 0 Å². The fourth-order valence-electron chi connectivity index (χ4n) is 3.03. The number of urea groups is 1. The van der Waals surface area contributed by atoms with Gasteiger partial charge in [-0.1, -0.05) is 5.75 Å². The molecule has 0 aliphatic rings. The second-order valence-electron chi connectivity index (χ2n) is 6.72. The monoisotopic (exact) mass is 448 g/mol. The van der Waals surface area contributed by atoms with Crippen LogP contribution in [0.1, 0.15) is 5.56 Å². The zero-order valence-corrected chi connectivity index (χ0v) is 20.0. The Morgan fingerprint density at radius 1 is 0.970 bits per heavy atom. The summed E-state index contributed by atoms with van der Waals surface area (Å²) in [5, 5.41) is 27.0. The molecule has 3 aromatic carbocycles. The third-order valence-electron chi connectivity index (χ3n) is 4.61. The third-order valence-corrected chi connectivity index (χ3v) is 4.61. The fraction of sp³-hybridized carbons (Fsp3) is 0.0417. The number of nitriles is 1. The molecule has 9 heteroatoms. The average molecular weight is 448 g/mol. The topological polar surface area (TPSA) is 119 Å². The molecule has 2 amide bonds. The van der Waals surface area contributed by atoms with Crippen molar-refractivity contribution in [3.8, 4) is 29.1 Å². The van der Waals surface area contributed by atoms with Gasteiger partial charge >= 0.3 is 35.6 Å². The van der Waals surface area contributed by atoms with Crippen molar-refractivity contribution in [2.45, 2.75) is 0 Å². The zero-order chi connectivity index (χ0) is 22.5. The molecule has 2 N–H and O–H groups in total. The van der Waals surface area contributed by atoms with Gasteiger partial charge in [0.2, 0.25) is 0 Å². The second-order valence-corrected chi connectivity index (χ2v) is 6.72. The summed E-state index contributed by atoms with van der Waals surface area (Å²) in [6, 6.07) is 19.7. The number of methoxy groups -OCH3 is 1. The van der Waals surface area contributed by atoms with E-state index in [9.17, 15) is 9.90 Å². The van der Waals surface area contributed by atoms with Crippen LogP contribution >= 0.6 is 0 Å². The Labute approximate surface area is 212 Å². The number of nitrogens with zero attached hydrogens (tertiary/aromatic N) is 2. The molecular weight excluding hydrogens is 431 g/mol. The molecule has 0 saturated heterocycles. The van der Waals surface area contributed by atoms with Crippen LogP contribution in [0.4, 0.5) is 16.2 Å². The van der Waals surface area contributed by atoms with Crippen LogP contribution in [-0.4, -0.2) is 18.1 Å². The summed E-state index contributed by atoms with van der Waals surface area (Å²) >= 11 is 0. The van der Waals surface area contributed by atoms with E-state index in [1.807, 2.05) is 6.07 Å². The number of amides is 2. The molecule has 0 fully saturated rings. The first-order valence-corrected chi connectivity index (χ1v) is 9.55. The van der Waals surface area contributed by atoms with Gasteiger partial charge in [0.05, 0.1) is 18.7 Å². The molecule has 0 atom stereocenters. The Morgan fingerprint density at radius 3 is 2.15 bits per heavy atom. The van der Waals surface area contributed by atoms with Crippen molar-refractivity contribution in [1.29, 1.82) is 5.26 Å². The molecule has 4 aromatic rings. The summed E-state index contributed by atoms with van der Waals surface area (Å²) < 4.78 is 11.0. The van der Waals surface area contributed by atoms with Crippen LogP contribution in [0.25, 0.3) is 10.9 Å². The number of carbonyl (C=O) groups is 1. The molecule has 0 radical (unpaired) electrons. The number of ether oxygens (including phenoxy) is 2. The summed E-state index contributed by atoms with van der Waals surface area (Å²) in [7, 11) is 1.57. The van der Waals surface area contributed by atoms with Crippen LogP contribution in [0, 0.1) is 11.3 Å². The maximum atomic E-state index is 12.2. The van der Waals surface area contributed by atoms with Crippen molar-refractivity contribution in [3.05, 3.63) is 78.5 Å². The van der Waals surface area contributed by atoms with Gasteiger partial charge in [-0.3, -0.25) is 4.98 Å². The van der Waals surface area contributed by atoms with E-state index in [-0.39, 0.29) is 46.9 Å². The van der Waals surface area contributed by atoms with Gasteiger partial charge in [-0.25, -0.2) is 4.79 Å². The molecule has 4 rings (SSSR count). The van der Waals surface area contributed by atoms with E-state index >= 15 is 0 Å². The van der Waals surface area contributed by atoms with E-state index in [1.165, 1.54) is 18.3 Å². The molecule has 0 saturated carbocycles. The maximum Gasteiger partial charge on any atom is 1.00 e. The first kappa shape index (κ1) is 23.9. The number of hydrogen-bond acceptors (Lipinski definition) is 6. The summed E-state index contributed by atoms with van der Waals surface area (Å²) in [6.45, 7) is 0. The van der Waals surface area contributed by atoms with Crippen molar-refractivity contribution >= 4 is 28.3 Å². The van der Waals surface area contributed by atoms with Crippen LogP contribution in [0.2, 0.25) is 0 Å². The molecule has 0 aliphatic carbocycles. The number of carbonyl (C=O) groups excluding carboxylic acids is 1. The van der Waals surface area contributed by atoms with Gasteiger partial charge in [0, 0.05) is 28.5 Å². The van der Waals surface area contributed by atoms with Gasteiger partial charge < -0.3 is 25.2 Å². The SMILES string of the molecule is COc1ccc(NC(=O)Nc2ccc(Oc3ccnc4cc([O-])c(C#N)cc34)cc2)cc1.[Na+]. The molecule has 0 unspecified atom stereocenters. The van der Waals surface area contributed by atoms with Crippen LogP contribution in [0.3, 0.4) is 0 Å². The van der Waals surface area contributed by atoms with Crippen LogP contribution in [0.15, 0.2) is 72.9 Å². The van der Waals surface area contributed by atoms with E-state index in [4.69, 9.17) is 14.7 Å². The normalized spacial score (nSPS) is 9.94. The predicted molar refractivity (Wildman–Crippen MR) is 118 cm³/mol. The van der Waals surface area contributed by atoms with E-state index in [0.717, 1.165) is 0 Å². The summed E-state index contributed by atoms with van der Waals surface area (Å²) in [4.78, 5) is 16.4. The van der Waals surface area contributed by atoms with Crippen molar-refractivity contribution < 1.29 is 48.9 Å². The maximum absolute atomic E-state index is 12.2. The minimum absolute atomic E-state index is 0. The first-order valence-electron chi connectivity index (χ1n) is 9.55. The van der Waals surface area contributed by atoms with E-state index in [1.54, 1.807) is 61.7 Å². The molecule has 158 valence electrons. The second kappa shape index (κ2) is 10.7. The Kier molecular flexibility index (Phi) is 7.74. The minimum atomic E-state index is -0.388. The number of pyridine rings is 1. The minimum Gasteiger partial charge on any atom is -0.872 e. The smallest absolute Gasteiger partial charge is 0.872 e. The largest absolute Gasteiger partial charge is 1.00 e. The first-order chi connectivity index (χ1) is 15.6. The fourth-order valence-corrected chi connectivity index (χ4v) is 3.03. The van der Waals surface area contributed by atoms with Crippen molar-refractivity contribution in [2.24, 2.45) is 0 Å². The van der Waals surface area contributed by atoms with Crippen molar-refractivity contribution in [2.75, 3.05) is 17.7 Å². The summed E-state index contributed by atoms with van der Waals surface area (Å²) in [5.74, 6) is 1.30. The Hall–Kier alpha value is -3.77. The molecule has 1 aromatic heterocycles. The van der Waals surface area contributed by atoms with Crippen molar-refractivity contribution in [1.82, 2.24) is 4.98 Å². The summed E-state index contributed by atoms with van der Waals surface area (Å²) in [5.41, 5.74) is 1.68. The van der Waals surface area contributed by atoms with Crippen LogP contribution in [0.5, 0.6) is 23.0 Å². The Bertz CT molecular complexity index is 1320. The summed E-state index contributed by atoms with van der Waals surface area (Å²) in [6.07, 6.45) is 1.53. The molecule has 33 heavy (non-hydrogen) atoms. The van der Waals surface area contributed by atoms with Gasteiger partial charge in [0.1, 0.15) is 17.2 Å². The van der Waals surface area contributed by atoms with E-state index in [0.29, 0.717) is 39.5 Å². The predicted octanol–water partition coefficient (Wildman–Crippen LogP) is 1.63. The number of anilines is 2. The zero-order valence-electron chi connectivity index (χ0n) is 18.0. The van der Waals surface area contributed by atoms with Crippen LogP contribution in [-0.2, 0) is 0 Å². The molecule has 1 heterocycles. The van der Waals surface area contributed by atoms with E-state index in [2.05, 4.69) is 15.6 Å². The molecule has 0 aliphatic heterocycles. The molecule has 0 bridgehead atoms. The number of fused-ring (bicyclic) bond motifs is 1. The number of hydrogen-bond donors (Lipinski definition) is 2. The van der Waals surface area contributed by atoms with Crippen LogP contribution < -0.4 is 54.8 Å². The number of rotatable bonds is 5. The Balaban J connectivity index is 0.00000306. The molecular formula is C24H17N4NaO4. The average Bonchev–Trinajstić information content (AvgIpc) is 2.80. The Morgan fingerprint density at radius 2 is 1.58 bits per heavy atom. The van der Waals surface area contributed by atoms with Gasteiger partial charge in [0.25, 0.3) is 0 Å². The standard InChI is InChI=1S/C24H18N4O4.Na/c1-31-18-6-2-16(3-7-18)27-24(30)28-17-4-8-19(9-5-17)32-23-10-11-26-21-13-22(29)15(14-25)12-20(21)23;/h2-13,29H,1H3,(H2,27,28,30);/q;+1/p-1. The van der Waals surface area contributed by atoms with Gasteiger partial charge in [-0.15, -0.1) is 0 Å². The van der Waals surface area contributed by atoms with Gasteiger partial charge in [-0.2, -0.15) is 5.26 Å². The number of nitrogens with one attached hydrogen (secondary N) is 2. The van der Waals surface area contributed by atoms with E-state index < -0.39 is 0 Å². The third kappa shape index (κ3) is 5.73. The number of aromatic nitrogens is 1.